The zero-order valence-corrected chi connectivity index (χ0v) is 14.8. The van der Waals surface area contributed by atoms with Crippen LogP contribution < -0.4 is 5.32 Å². The van der Waals surface area contributed by atoms with Gasteiger partial charge in [-0.3, -0.25) is 9.48 Å². The molecule has 1 heterocycles. The number of hydrogen-bond acceptors (Lipinski definition) is 2. The van der Waals surface area contributed by atoms with Gasteiger partial charge in [-0.2, -0.15) is 5.10 Å². The molecule has 134 valence electrons. The smallest absolute Gasteiger partial charge is 0.256 e. The number of amides is 1. The van der Waals surface area contributed by atoms with Gasteiger partial charge in [0.1, 0.15) is 5.82 Å². The van der Waals surface area contributed by atoms with E-state index in [1.165, 1.54) is 35.0 Å². The molecule has 0 bridgehead atoms. The first-order valence-corrected chi connectivity index (χ1v) is 8.68. The molecule has 1 N–H and O–H groups in total. The summed E-state index contributed by atoms with van der Waals surface area (Å²) in [6, 6.07) is 21.7. The van der Waals surface area contributed by atoms with Crippen molar-refractivity contribution in [3.63, 3.8) is 0 Å². The topological polar surface area (TPSA) is 46.9 Å². The summed E-state index contributed by atoms with van der Waals surface area (Å²) in [5.74, 6) is -0.214. The van der Waals surface area contributed by atoms with E-state index in [0.717, 1.165) is 11.3 Å². The van der Waals surface area contributed by atoms with Gasteiger partial charge in [0.05, 0.1) is 6.54 Å². The number of carbonyl (C=O) groups excluding carboxylic acids is 1. The number of aromatic nitrogens is 2. The van der Waals surface area contributed by atoms with Gasteiger partial charge in [-0.1, -0.05) is 42.5 Å². The first kappa shape index (κ1) is 17.0. The summed E-state index contributed by atoms with van der Waals surface area (Å²) in [7, 11) is 0. The van der Waals surface area contributed by atoms with Crippen molar-refractivity contribution in [2.45, 2.75) is 13.5 Å². The molecule has 0 spiro atoms. The molecule has 0 aliphatic heterocycles. The molecule has 3 aromatic carbocycles. The van der Waals surface area contributed by atoms with Gasteiger partial charge in [-0.15, -0.1) is 0 Å². The van der Waals surface area contributed by atoms with Crippen LogP contribution in [0.1, 0.15) is 21.6 Å². The molecule has 5 heteroatoms. The molecule has 1 aromatic heterocycles. The highest BCUT2D eigenvalue weighted by molar-refractivity contribution is 6.03. The van der Waals surface area contributed by atoms with Gasteiger partial charge in [0.25, 0.3) is 5.91 Å². The lowest BCUT2D eigenvalue weighted by atomic mass is 10.0. The summed E-state index contributed by atoms with van der Waals surface area (Å²) in [5.41, 5.74) is 2.49. The number of halogens is 1. The van der Waals surface area contributed by atoms with Crippen LogP contribution in [0.2, 0.25) is 0 Å². The number of nitrogens with one attached hydrogen (secondary N) is 1. The molecule has 0 atom stereocenters. The van der Waals surface area contributed by atoms with E-state index in [2.05, 4.69) is 34.7 Å². The van der Waals surface area contributed by atoms with Crippen molar-refractivity contribution in [1.82, 2.24) is 9.78 Å². The van der Waals surface area contributed by atoms with Gasteiger partial charge in [0.2, 0.25) is 0 Å². The van der Waals surface area contributed by atoms with Crippen molar-refractivity contribution in [3.8, 4) is 0 Å². The summed E-state index contributed by atoms with van der Waals surface area (Å²) in [6.45, 7) is 2.56. The number of aryl methyl sites for hydroxylation is 1. The molecule has 4 rings (SSSR count). The molecule has 0 radical (unpaired) electrons. The monoisotopic (exact) mass is 359 g/mol. The van der Waals surface area contributed by atoms with E-state index in [1.807, 2.05) is 35.9 Å². The third-order valence-corrected chi connectivity index (χ3v) is 4.53. The van der Waals surface area contributed by atoms with Crippen LogP contribution in [0.25, 0.3) is 10.8 Å². The Kier molecular flexibility index (Phi) is 4.42. The van der Waals surface area contributed by atoms with E-state index >= 15 is 0 Å². The van der Waals surface area contributed by atoms with E-state index in [0.29, 0.717) is 17.9 Å². The number of carbonyl (C=O) groups is 1. The Labute approximate surface area is 156 Å². The summed E-state index contributed by atoms with van der Waals surface area (Å²) in [4.78, 5) is 12.3. The third kappa shape index (κ3) is 3.58. The van der Waals surface area contributed by atoms with Crippen LogP contribution in [0.15, 0.2) is 72.8 Å². The quantitative estimate of drug-likeness (QED) is 0.570. The van der Waals surface area contributed by atoms with E-state index in [4.69, 9.17) is 0 Å². The van der Waals surface area contributed by atoms with Crippen molar-refractivity contribution in [3.05, 3.63) is 95.4 Å². The van der Waals surface area contributed by atoms with Crippen LogP contribution in [-0.2, 0) is 6.54 Å². The minimum atomic E-state index is -0.373. The van der Waals surface area contributed by atoms with E-state index < -0.39 is 0 Å². The molecule has 0 saturated carbocycles. The Balaban J connectivity index is 1.56. The van der Waals surface area contributed by atoms with Gasteiger partial charge in [0, 0.05) is 17.3 Å². The van der Waals surface area contributed by atoms with Crippen molar-refractivity contribution in [1.29, 1.82) is 0 Å². The average Bonchev–Trinajstić information content (AvgIpc) is 3.01. The Morgan fingerprint density at radius 3 is 2.59 bits per heavy atom. The number of fused-ring (bicyclic) bond motifs is 1. The number of rotatable bonds is 4. The molecule has 0 unspecified atom stereocenters. The fraction of sp³-hybridized carbons (Fsp3) is 0.0909. The Morgan fingerprint density at radius 2 is 1.78 bits per heavy atom. The molecule has 0 fully saturated rings. The van der Waals surface area contributed by atoms with Gasteiger partial charge in [0.15, 0.2) is 5.82 Å². The lowest BCUT2D eigenvalue weighted by Gasteiger charge is -2.08. The van der Waals surface area contributed by atoms with Gasteiger partial charge < -0.3 is 5.32 Å². The van der Waals surface area contributed by atoms with Crippen LogP contribution in [-0.4, -0.2) is 15.7 Å². The Hall–Kier alpha value is -3.47. The predicted octanol–water partition coefficient (Wildman–Crippen LogP) is 4.78. The van der Waals surface area contributed by atoms with Gasteiger partial charge in [-0.25, -0.2) is 4.39 Å². The number of hydrogen-bond donors (Lipinski definition) is 1. The molecule has 0 aliphatic carbocycles. The summed E-state index contributed by atoms with van der Waals surface area (Å²) in [5, 5.41) is 9.65. The first-order chi connectivity index (χ1) is 13.1. The van der Waals surface area contributed by atoms with Crippen LogP contribution >= 0.6 is 0 Å². The lowest BCUT2D eigenvalue weighted by molar-refractivity contribution is 0.102. The second-order valence-electron chi connectivity index (χ2n) is 6.43. The lowest BCUT2D eigenvalue weighted by Crippen LogP contribution is -2.13. The highest BCUT2D eigenvalue weighted by Gasteiger charge is 2.11. The van der Waals surface area contributed by atoms with Crippen molar-refractivity contribution in [2.75, 3.05) is 5.32 Å². The molecule has 27 heavy (non-hydrogen) atoms. The molecule has 1 amide bonds. The second kappa shape index (κ2) is 7.03. The number of anilines is 1. The second-order valence-corrected chi connectivity index (χ2v) is 6.43. The molecule has 4 aromatic rings. The maximum Gasteiger partial charge on any atom is 0.256 e. The highest BCUT2D eigenvalue weighted by Crippen LogP contribution is 2.20. The molecular weight excluding hydrogens is 341 g/mol. The predicted molar refractivity (Wildman–Crippen MR) is 104 cm³/mol. The van der Waals surface area contributed by atoms with E-state index in [1.54, 1.807) is 0 Å². The number of nitrogens with zero attached hydrogens (tertiary/aromatic N) is 2. The number of benzene rings is 3. The SMILES string of the molecule is Cc1cc(NC(=O)c2ccc(F)cc2)nn1Cc1cccc2ccccc12. The Morgan fingerprint density at radius 1 is 1.04 bits per heavy atom. The summed E-state index contributed by atoms with van der Waals surface area (Å²) < 4.78 is 14.9. The highest BCUT2D eigenvalue weighted by atomic mass is 19.1. The molecule has 0 aliphatic rings. The standard InChI is InChI=1S/C22H18FN3O/c1-15-13-21(24-22(27)17-9-11-19(23)12-10-17)25-26(15)14-18-7-4-6-16-5-2-3-8-20(16)18/h2-13H,14H2,1H3,(H,24,25,27). The fourth-order valence-corrected chi connectivity index (χ4v) is 3.11. The van der Waals surface area contributed by atoms with Crippen molar-refractivity contribution < 1.29 is 9.18 Å². The maximum atomic E-state index is 13.0. The van der Waals surface area contributed by atoms with Gasteiger partial charge in [-0.05, 0) is 47.5 Å². The third-order valence-electron chi connectivity index (χ3n) is 4.53. The van der Waals surface area contributed by atoms with Crippen molar-refractivity contribution in [2.24, 2.45) is 0 Å². The summed E-state index contributed by atoms with van der Waals surface area (Å²) in [6.07, 6.45) is 0. The van der Waals surface area contributed by atoms with Crippen LogP contribution in [0.3, 0.4) is 0 Å². The summed E-state index contributed by atoms with van der Waals surface area (Å²) >= 11 is 0. The first-order valence-electron chi connectivity index (χ1n) is 8.68. The molecule has 4 nitrogen and oxygen atoms in total. The van der Waals surface area contributed by atoms with E-state index in [-0.39, 0.29) is 11.7 Å². The normalized spacial score (nSPS) is 10.9. The van der Waals surface area contributed by atoms with Crippen LogP contribution in [0, 0.1) is 12.7 Å². The molecule has 0 saturated heterocycles. The minimum absolute atomic E-state index is 0.315. The largest absolute Gasteiger partial charge is 0.305 e. The van der Waals surface area contributed by atoms with Crippen LogP contribution in [0.5, 0.6) is 0 Å². The zero-order valence-electron chi connectivity index (χ0n) is 14.8. The van der Waals surface area contributed by atoms with Gasteiger partial charge >= 0.3 is 0 Å². The van der Waals surface area contributed by atoms with E-state index in [9.17, 15) is 9.18 Å². The van der Waals surface area contributed by atoms with Crippen molar-refractivity contribution >= 4 is 22.5 Å². The molecular formula is C22H18FN3O. The van der Waals surface area contributed by atoms with Crippen LogP contribution in [0.4, 0.5) is 10.2 Å². The minimum Gasteiger partial charge on any atom is -0.305 e. The fourth-order valence-electron chi connectivity index (χ4n) is 3.11. The zero-order chi connectivity index (χ0) is 18.8. The maximum absolute atomic E-state index is 13.0. The Bertz CT molecular complexity index is 1110. The average molecular weight is 359 g/mol.